The number of ether oxygens (including phenoxy) is 3. The first-order valence-corrected chi connectivity index (χ1v) is 8.61. The van der Waals surface area contributed by atoms with Crippen LogP contribution in [-0.4, -0.2) is 42.3 Å². The molecule has 1 aromatic carbocycles. The van der Waals surface area contributed by atoms with Gasteiger partial charge in [-0.2, -0.15) is 0 Å². The summed E-state index contributed by atoms with van der Waals surface area (Å²) in [7, 11) is 4.52. The van der Waals surface area contributed by atoms with Crippen LogP contribution < -0.4 is 24.8 Å². The van der Waals surface area contributed by atoms with Gasteiger partial charge in [0.25, 0.3) is 6.20 Å². The molecule has 10 heteroatoms. The zero-order chi connectivity index (χ0) is 20.5. The Hall–Kier alpha value is -3.43. The number of hydrogen-bond donors (Lipinski definition) is 2. The van der Waals surface area contributed by atoms with Gasteiger partial charge in [-0.05, 0) is 13.3 Å². The van der Waals surface area contributed by atoms with Gasteiger partial charge >= 0.3 is 0 Å². The second-order valence-electron chi connectivity index (χ2n) is 5.90. The minimum absolute atomic E-state index is 0.251. The van der Waals surface area contributed by atoms with Crippen LogP contribution in [0.2, 0.25) is 0 Å². The summed E-state index contributed by atoms with van der Waals surface area (Å²) >= 11 is 0. The third-order valence-electron chi connectivity index (χ3n) is 3.85. The molecule has 0 fully saturated rings. The fraction of sp³-hybridized carbons (Fsp3) is 0.389. The Labute approximate surface area is 163 Å². The van der Waals surface area contributed by atoms with Gasteiger partial charge in [0.05, 0.1) is 38.3 Å². The first kappa shape index (κ1) is 20.9. The number of aromatic nitrogens is 2. The lowest BCUT2D eigenvalue weighted by Crippen LogP contribution is -2.23. The van der Waals surface area contributed by atoms with Crippen molar-refractivity contribution in [3.63, 3.8) is 0 Å². The number of aryl methyl sites for hydroxylation is 2. The Morgan fingerprint density at radius 1 is 1.25 bits per heavy atom. The summed E-state index contributed by atoms with van der Waals surface area (Å²) in [6.07, 6.45) is 5.35. The van der Waals surface area contributed by atoms with Crippen LogP contribution in [0.3, 0.4) is 0 Å². The maximum atomic E-state index is 11.0. The summed E-state index contributed by atoms with van der Waals surface area (Å²) in [5.74, 6) is 1.58. The van der Waals surface area contributed by atoms with E-state index in [9.17, 15) is 10.1 Å². The largest absolute Gasteiger partial charge is 0.493 e. The standard InChI is InChI=1S/C18H25N5O5/c1-13-10-22(12-20-13)7-5-6-19-17(11-23(24)25)21-14-8-15(26-2)18(28-4)16(9-14)27-3/h8-12,19,21H,5-7H2,1-4H3/b17-11+. The normalized spacial score (nSPS) is 11.1. The molecule has 0 saturated carbocycles. The van der Waals surface area contributed by atoms with E-state index in [1.165, 1.54) is 21.3 Å². The third-order valence-corrected chi connectivity index (χ3v) is 3.85. The van der Waals surface area contributed by atoms with Gasteiger partial charge < -0.3 is 29.4 Å². The summed E-state index contributed by atoms with van der Waals surface area (Å²) in [5, 5.41) is 17.0. The molecule has 0 spiro atoms. The summed E-state index contributed by atoms with van der Waals surface area (Å²) < 4.78 is 17.9. The fourth-order valence-corrected chi connectivity index (χ4v) is 2.62. The SMILES string of the molecule is COc1cc(N/C(=C/[N+](=O)[O-])NCCCn2cnc(C)c2)cc(OC)c1OC. The van der Waals surface area contributed by atoms with Gasteiger partial charge in [0.2, 0.25) is 5.75 Å². The predicted octanol–water partition coefficient (Wildman–Crippen LogP) is 2.38. The van der Waals surface area contributed by atoms with Crippen LogP contribution in [-0.2, 0) is 6.54 Å². The van der Waals surface area contributed by atoms with E-state index >= 15 is 0 Å². The van der Waals surface area contributed by atoms with Crippen LogP contribution in [0, 0.1) is 17.0 Å². The number of nitro groups is 1. The van der Waals surface area contributed by atoms with Crippen LogP contribution in [0.4, 0.5) is 5.69 Å². The molecular formula is C18H25N5O5. The summed E-state index contributed by atoms with van der Waals surface area (Å²) in [6, 6.07) is 3.34. The molecule has 0 aliphatic heterocycles. The molecule has 152 valence electrons. The van der Waals surface area contributed by atoms with Crippen molar-refractivity contribution < 1.29 is 19.1 Å². The minimum atomic E-state index is -0.521. The molecule has 0 aliphatic carbocycles. The molecule has 2 rings (SSSR count). The van der Waals surface area contributed by atoms with E-state index in [0.717, 1.165) is 24.9 Å². The zero-order valence-corrected chi connectivity index (χ0v) is 16.4. The van der Waals surface area contributed by atoms with E-state index in [1.54, 1.807) is 18.5 Å². The molecule has 1 aromatic heterocycles. The molecule has 0 aliphatic rings. The average Bonchev–Trinajstić information content (AvgIpc) is 3.08. The number of nitrogens with zero attached hydrogens (tertiary/aromatic N) is 3. The monoisotopic (exact) mass is 391 g/mol. The number of methoxy groups -OCH3 is 3. The van der Waals surface area contributed by atoms with Crippen molar-refractivity contribution in [2.24, 2.45) is 0 Å². The highest BCUT2D eigenvalue weighted by atomic mass is 16.6. The van der Waals surface area contributed by atoms with E-state index in [-0.39, 0.29) is 5.82 Å². The van der Waals surface area contributed by atoms with Gasteiger partial charge in [-0.3, -0.25) is 10.1 Å². The van der Waals surface area contributed by atoms with Gasteiger partial charge in [-0.25, -0.2) is 4.98 Å². The molecule has 2 N–H and O–H groups in total. The average molecular weight is 391 g/mol. The van der Waals surface area contributed by atoms with Crippen LogP contribution in [0.5, 0.6) is 17.2 Å². The van der Waals surface area contributed by atoms with Crippen molar-refractivity contribution >= 4 is 5.69 Å². The van der Waals surface area contributed by atoms with Gasteiger partial charge in [0, 0.05) is 37.1 Å². The molecule has 0 saturated heterocycles. The molecule has 1 heterocycles. The Bertz CT molecular complexity index is 809. The number of imidazole rings is 1. The van der Waals surface area contributed by atoms with Gasteiger partial charge in [-0.1, -0.05) is 0 Å². The van der Waals surface area contributed by atoms with Gasteiger partial charge in [0.15, 0.2) is 17.3 Å². The molecular weight excluding hydrogens is 366 g/mol. The summed E-state index contributed by atoms with van der Waals surface area (Å²) in [6.45, 7) is 3.21. The van der Waals surface area contributed by atoms with Gasteiger partial charge in [-0.15, -0.1) is 0 Å². The van der Waals surface area contributed by atoms with E-state index < -0.39 is 4.92 Å². The second-order valence-corrected chi connectivity index (χ2v) is 5.90. The van der Waals surface area contributed by atoms with E-state index in [2.05, 4.69) is 15.6 Å². The first-order valence-electron chi connectivity index (χ1n) is 8.61. The Kier molecular flexibility index (Phi) is 7.49. The zero-order valence-electron chi connectivity index (χ0n) is 16.4. The number of rotatable bonds is 11. The molecule has 28 heavy (non-hydrogen) atoms. The second kappa shape index (κ2) is 10.0. The highest BCUT2D eigenvalue weighted by molar-refractivity contribution is 5.63. The minimum Gasteiger partial charge on any atom is -0.493 e. The number of benzene rings is 1. The highest BCUT2D eigenvalue weighted by Crippen LogP contribution is 2.40. The molecule has 0 bridgehead atoms. The van der Waals surface area contributed by atoms with Crippen LogP contribution in [0.15, 0.2) is 36.7 Å². The molecule has 10 nitrogen and oxygen atoms in total. The smallest absolute Gasteiger partial charge is 0.274 e. The Balaban J connectivity index is 2.06. The summed E-state index contributed by atoms with van der Waals surface area (Å²) in [5.41, 5.74) is 1.51. The number of anilines is 1. The topological polar surface area (TPSA) is 113 Å². The lowest BCUT2D eigenvalue weighted by atomic mass is 10.2. The lowest BCUT2D eigenvalue weighted by Gasteiger charge is -2.16. The van der Waals surface area contributed by atoms with Crippen molar-refractivity contribution in [2.45, 2.75) is 19.9 Å². The molecule has 2 aromatic rings. The highest BCUT2D eigenvalue weighted by Gasteiger charge is 2.14. The number of hydrogen-bond acceptors (Lipinski definition) is 8. The van der Waals surface area contributed by atoms with Crippen molar-refractivity contribution in [2.75, 3.05) is 33.2 Å². The molecule has 0 atom stereocenters. The third kappa shape index (κ3) is 5.79. The Morgan fingerprint density at radius 3 is 2.43 bits per heavy atom. The lowest BCUT2D eigenvalue weighted by molar-refractivity contribution is -0.403. The van der Waals surface area contributed by atoms with Crippen molar-refractivity contribution in [3.05, 3.63) is 52.5 Å². The molecule has 0 unspecified atom stereocenters. The van der Waals surface area contributed by atoms with Crippen molar-refractivity contribution in [1.29, 1.82) is 0 Å². The van der Waals surface area contributed by atoms with E-state index in [0.29, 0.717) is 29.5 Å². The Morgan fingerprint density at radius 2 is 1.93 bits per heavy atom. The van der Waals surface area contributed by atoms with Crippen molar-refractivity contribution in [3.8, 4) is 17.2 Å². The number of nitrogens with one attached hydrogen (secondary N) is 2. The first-order chi connectivity index (χ1) is 13.5. The maximum Gasteiger partial charge on any atom is 0.274 e. The van der Waals surface area contributed by atoms with Crippen LogP contribution in [0.1, 0.15) is 12.1 Å². The molecule has 0 radical (unpaired) electrons. The predicted molar refractivity (Wildman–Crippen MR) is 104 cm³/mol. The van der Waals surface area contributed by atoms with Crippen LogP contribution in [0.25, 0.3) is 0 Å². The maximum absolute atomic E-state index is 11.0. The van der Waals surface area contributed by atoms with Crippen LogP contribution >= 0.6 is 0 Å². The van der Waals surface area contributed by atoms with E-state index in [1.807, 2.05) is 17.7 Å². The van der Waals surface area contributed by atoms with Crippen molar-refractivity contribution in [1.82, 2.24) is 14.9 Å². The quantitative estimate of drug-likeness (QED) is 0.341. The van der Waals surface area contributed by atoms with Gasteiger partial charge in [0.1, 0.15) is 0 Å². The molecule has 0 amide bonds. The summed E-state index contributed by atoms with van der Waals surface area (Å²) in [4.78, 5) is 14.6. The van der Waals surface area contributed by atoms with E-state index in [4.69, 9.17) is 14.2 Å². The fourth-order valence-electron chi connectivity index (χ4n) is 2.62.